The number of carboxylic acids is 2. The fraction of sp³-hybridized carbons (Fsp3) is 0.444. The number of fused-ring (bicyclic) bond motifs is 1. The average Bonchev–Trinajstić information content (AvgIpc) is 3.18. The van der Waals surface area contributed by atoms with E-state index in [1.165, 1.54) is 12.0 Å². The summed E-state index contributed by atoms with van der Waals surface area (Å²) < 4.78 is 4.81. The Balaban J connectivity index is 2.01. The summed E-state index contributed by atoms with van der Waals surface area (Å²) in [6, 6.07) is 7.17. The van der Waals surface area contributed by atoms with Crippen LogP contribution < -0.4 is 0 Å². The third-order valence-electron chi connectivity index (χ3n) is 5.45. The van der Waals surface area contributed by atoms with Crippen LogP contribution in [0.3, 0.4) is 0 Å². The summed E-state index contributed by atoms with van der Waals surface area (Å²) in [6.07, 6.45) is -0.0547. The Morgan fingerprint density at radius 3 is 2.19 bits per heavy atom. The maximum Gasteiger partial charge on any atom is 0.328 e. The zero-order valence-electron chi connectivity index (χ0n) is 14.1. The van der Waals surface area contributed by atoms with Crippen LogP contribution in [0, 0.1) is 23.7 Å². The summed E-state index contributed by atoms with van der Waals surface area (Å²) in [6.45, 7) is 0.0128. The molecule has 3 rings (SSSR count). The number of benzene rings is 1. The molecule has 2 aliphatic rings. The summed E-state index contributed by atoms with van der Waals surface area (Å²) in [5.74, 6) is -6.75. The number of carbonyl (C=O) groups excluding carboxylic acids is 2. The number of hydrogen-bond acceptors (Lipinski definition) is 5. The average molecular weight is 361 g/mol. The van der Waals surface area contributed by atoms with Gasteiger partial charge in [-0.1, -0.05) is 18.2 Å². The maximum atomic E-state index is 12.9. The molecule has 1 aliphatic carbocycles. The molecule has 2 N–H and O–H groups in total. The number of likely N-dealkylation sites (tertiary alicyclic amines) is 1. The number of aliphatic carboxylic acids is 2. The van der Waals surface area contributed by atoms with E-state index in [-0.39, 0.29) is 13.0 Å². The smallest absolute Gasteiger partial charge is 0.328 e. The molecule has 8 heteroatoms. The summed E-state index contributed by atoms with van der Waals surface area (Å²) in [7, 11) is 1.17. The molecular weight excluding hydrogens is 342 g/mol. The first-order valence-corrected chi connectivity index (χ1v) is 8.26. The second kappa shape index (κ2) is 6.78. The van der Waals surface area contributed by atoms with Crippen molar-refractivity contribution in [2.75, 3.05) is 13.7 Å². The molecule has 1 amide bonds. The monoisotopic (exact) mass is 361 g/mol. The van der Waals surface area contributed by atoms with Crippen molar-refractivity contribution in [2.24, 2.45) is 23.7 Å². The number of esters is 1. The maximum absolute atomic E-state index is 12.9. The van der Waals surface area contributed by atoms with E-state index in [2.05, 4.69) is 0 Å². The molecule has 0 spiro atoms. The van der Waals surface area contributed by atoms with Gasteiger partial charge in [-0.05, 0) is 24.5 Å². The molecule has 1 aromatic rings. The van der Waals surface area contributed by atoms with Crippen molar-refractivity contribution < 1.29 is 34.1 Å². The van der Waals surface area contributed by atoms with Crippen molar-refractivity contribution in [2.45, 2.75) is 12.5 Å². The fourth-order valence-corrected chi connectivity index (χ4v) is 4.33. The third kappa shape index (κ3) is 2.81. The van der Waals surface area contributed by atoms with Crippen LogP contribution in [0.2, 0.25) is 0 Å². The highest BCUT2D eigenvalue weighted by molar-refractivity contribution is 5.97. The van der Waals surface area contributed by atoms with Crippen molar-refractivity contribution in [3.63, 3.8) is 0 Å². The van der Waals surface area contributed by atoms with Gasteiger partial charge in [-0.3, -0.25) is 14.4 Å². The van der Waals surface area contributed by atoms with Gasteiger partial charge in [0.1, 0.15) is 6.04 Å². The lowest BCUT2D eigenvalue weighted by atomic mass is 9.85. The molecule has 1 saturated carbocycles. The van der Waals surface area contributed by atoms with Crippen molar-refractivity contribution in [1.82, 2.24) is 4.90 Å². The highest BCUT2D eigenvalue weighted by Gasteiger charge is 2.61. The van der Waals surface area contributed by atoms with Gasteiger partial charge in [-0.25, -0.2) is 4.79 Å². The minimum absolute atomic E-state index is 0.0128. The van der Waals surface area contributed by atoms with Gasteiger partial charge in [0, 0.05) is 18.0 Å². The van der Waals surface area contributed by atoms with Crippen LogP contribution in [0.5, 0.6) is 0 Å². The molecule has 26 heavy (non-hydrogen) atoms. The molecule has 1 aromatic carbocycles. The van der Waals surface area contributed by atoms with Gasteiger partial charge in [0.25, 0.3) is 5.91 Å². The second-order valence-electron chi connectivity index (χ2n) is 6.66. The van der Waals surface area contributed by atoms with Gasteiger partial charge in [-0.2, -0.15) is 0 Å². The van der Waals surface area contributed by atoms with Gasteiger partial charge in [-0.15, -0.1) is 0 Å². The summed E-state index contributed by atoms with van der Waals surface area (Å²) >= 11 is 0. The van der Waals surface area contributed by atoms with Crippen LogP contribution in [0.25, 0.3) is 0 Å². The van der Waals surface area contributed by atoms with E-state index in [4.69, 9.17) is 4.74 Å². The summed E-state index contributed by atoms with van der Waals surface area (Å²) in [5.41, 5.74) is 0.347. The van der Waals surface area contributed by atoms with Crippen LogP contribution in [0.4, 0.5) is 0 Å². The molecule has 8 nitrogen and oxygen atoms in total. The number of carboxylic acid groups (broad SMARTS) is 2. The molecule has 1 saturated heterocycles. The van der Waals surface area contributed by atoms with E-state index in [9.17, 15) is 29.4 Å². The van der Waals surface area contributed by atoms with Gasteiger partial charge in [0.15, 0.2) is 0 Å². The van der Waals surface area contributed by atoms with Gasteiger partial charge >= 0.3 is 17.9 Å². The topological polar surface area (TPSA) is 121 Å². The zero-order valence-corrected chi connectivity index (χ0v) is 14.1. The predicted molar refractivity (Wildman–Crippen MR) is 87.1 cm³/mol. The molecule has 0 unspecified atom stereocenters. The number of carbonyl (C=O) groups is 4. The molecule has 0 radical (unpaired) electrons. The Labute approximate surface area is 149 Å². The van der Waals surface area contributed by atoms with Crippen LogP contribution >= 0.6 is 0 Å². The number of amides is 1. The van der Waals surface area contributed by atoms with Gasteiger partial charge in [0.2, 0.25) is 0 Å². The van der Waals surface area contributed by atoms with Crippen LogP contribution in [0.15, 0.2) is 30.3 Å². The first kappa shape index (κ1) is 17.9. The van der Waals surface area contributed by atoms with Crippen molar-refractivity contribution >= 4 is 23.8 Å². The van der Waals surface area contributed by atoms with E-state index in [0.29, 0.717) is 5.56 Å². The first-order chi connectivity index (χ1) is 12.4. The zero-order chi connectivity index (χ0) is 19.0. The van der Waals surface area contributed by atoms with Crippen LogP contribution in [-0.4, -0.2) is 58.6 Å². The second-order valence-corrected chi connectivity index (χ2v) is 6.66. The molecular formula is C18H19NO7. The van der Waals surface area contributed by atoms with Gasteiger partial charge < -0.3 is 19.8 Å². The Kier molecular flexibility index (Phi) is 4.67. The largest absolute Gasteiger partial charge is 0.481 e. The Bertz CT molecular complexity index is 747. The molecule has 1 heterocycles. The number of nitrogens with zero attached hydrogens (tertiary/aromatic N) is 1. The van der Waals surface area contributed by atoms with Crippen LogP contribution in [0.1, 0.15) is 16.8 Å². The Hall–Kier alpha value is -2.90. The molecule has 138 valence electrons. The molecule has 0 bridgehead atoms. The standard InChI is InChI=1S/C18H19NO7/c1-26-18(25)14-13-11(17(23)24)7-10(16(21)22)12(13)8-19(14)15(20)9-5-3-2-4-6-9/h2-6,10-14H,7-8H2,1H3,(H,21,22)(H,23,24)/t10-,11+,12-,13+,14+/m1/s1. The van der Waals surface area contributed by atoms with Crippen molar-refractivity contribution in [3.8, 4) is 0 Å². The summed E-state index contributed by atoms with van der Waals surface area (Å²) in [4.78, 5) is 49.8. The number of ether oxygens (including phenoxy) is 1. The molecule has 1 aliphatic heterocycles. The molecule has 2 fully saturated rings. The first-order valence-electron chi connectivity index (χ1n) is 8.26. The lowest BCUT2D eigenvalue weighted by Gasteiger charge is -2.27. The Morgan fingerprint density at radius 2 is 1.65 bits per heavy atom. The number of methoxy groups -OCH3 is 1. The molecule has 5 atom stereocenters. The number of hydrogen-bond donors (Lipinski definition) is 2. The lowest BCUT2D eigenvalue weighted by molar-refractivity contribution is -0.149. The quantitative estimate of drug-likeness (QED) is 0.758. The highest BCUT2D eigenvalue weighted by atomic mass is 16.5. The highest BCUT2D eigenvalue weighted by Crippen LogP contribution is 2.50. The van der Waals surface area contributed by atoms with E-state index >= 15 is 0 Å². The van der Waals surface area contributed by atoms with Crippen molar-refractivity contribution in [3.05, 3.63) is 35.9 Å². The summed E-state index contributed by atoms with van der Waals surface area (Å²) in [5, 5.41) is 19.0. The van der Waals surface area contributed by atoms with Crippen LogP contribution in [-0.2, 0) is 19.1 Å². The third-order valence-corrected chi connectivity index (χ3v) is 5.45. The van der Waals surface area contributed by atoms with E-state index < -0.39 is 53.5 Å². The predicted octanol–water partition coefficient (Wildman–Crippen LogP) is 0.722. The van der Waals surface area contributed by atoms with Gasteiger partial charge in [0.05, 0.1) is 18.9 Å². The van der Waals surface area contributed by atoms with E-state index in [0.717, 1.165) is 0 Å². The fourth-order valence-electron chi connectivity index (χ4n) is 4.33. The lowest BCUT2D eigenvalue weighted by Crippen LogP contribution is -2.46. The minimum Gasteiger partial charge on any atom is -0.481 e. The normalized spacial score (nSPS) is 29.9. The van der Waals surface area contributed by atoms with Crippen molar-refractivity contribution in [1.29, 1.82) is 0 Å². The van der Waals surface area contributed by atoms with E-state index in [1.54, 1.807) is 30.3 Å². The molecule has 0 aromatic heterocycles. The van der Waals surface area contributed by atoms with E-state index in [1.807, 2.05) is 0 Å². The Morgan fingerprint density at radius 1 is 1.04 bits per heavy atom. The SMILES string of the molecule is COC(=O)[C@@H]1[C@@H]2[C@H](CN1C(=O)c1ccccc1)[C@H](C(=O)O)C[C@@H]2C(=O)O. The minimum atomic E-state index is -1.16. The number of rotatable bonds is 4.